The molecule has 13 heavy (non-hydrogen) atoms. The topological polar surface area (TPSA) is 69.6 Å². The molecule has 0 aliphatic rings. The van der Waals surface area contributed by atoms with Crippen molar-refractivity contribution in [2.45, 2.75) is 45.2 Å². The normalized spacial score (nSPS) is 15.3. The lowest BCUT2D eigenvalue weighted by atomic mass is 10.1. The first-order valence-electron chi connectivity index (χ1n) is 4.71. The molecule has 0 saturated heterocycles. The highest BCUT2D eigenvalue weighted by Gasteiger charge is 2.16. The van der Waals surface area contributed by atoms with Gasteiger partial charge < -0.3 is 15.5 Å². The number of rotatable bonds is 7. The van der Waals surface area contributed by atoms with E-state index in [4.69, 9.17) is 10.2 Å². The summed E-state index contributed by atoms with van der Waals surface area (Å²) in [4.78, 5) is 10.6. The largest absolute Gasteiger partial charge is 0.480 e. The average Bonchev–Trinajstić information content (AvgIpc) is 2.10. The second-order valence-corrected chi connectivity index (χ2v) is 3.23. The number of carbonyl (C=O) groups is 1. The van der Waals surface area contributed by atoms with Crippen LogP contribution < -0.4 is 5.32 Å². The summed E-state index contributed by atoms with van der Waals surface area (Å²) in [5.74, 6) is -0.807. The molecule has 0 radical (unpaired) electrons. The molecule has 2 atom stereocenters. The van der Waals surface area contributed by atoms with Crippen molar-refractivity contribution >= 4 is 5.97 Å². The molecule has 0 heterocycles. The third kappa shape index (κ3) is 5.60. The Morgan fingerprint density at radius 1 is 1.54 bits per heavy atom. The van der Waals surface area contributed by atoms with Crippen LogP contribution in [-0.2, 0) is 4.79 Å². The predicted molar refractivity (Wildman–Crippen MR) is 50.6 cm³/mol. The van der Waals surface area contributed by atoms with Crippen LogP contribution in [0, 0.1) is 0 Å². The molecule has 0 fully saturated rings. The summed E-state index contributed by atoms with van der Waals surface area (Å²) in [7, 11) is 0. The Morgan fingerprint density at radius 3 is 2.54 bits per heavy atom. The molecule has 0 amide bonds. The summed E-state index contributed by atoms with van der Waals surface area (Å²) in [6.45, 7) is 3.93. The van der Waals surface area contributed by atoms with Gasteiger partial charge in [-0.1, -0.05) is 6.92 Å². The molecular weight excluding hydrogens is 170 g/mol. The van der Waals surface area contributed by atoms with Crippen LogP contribution in [0.15, 0.2) is 0 Å². The van der Waals surface area contributed by atoms with E-state index in [0.717, 1.165) is 6.42 Å². The lowest BCUT2D eigenvalue weighted by molar-refractivity contribution is -0.139. The van der Waals surface area contributed by atoms with Crippen LogP contribution in [0.4, 0.5) is 0 Å². The fourth-order valence-corrected chi connectivity index (χ4v) is 1.19. The Hall–Kier alpha value is -0.610. The van der Waals surface area contributed by atoms with Crippen LogP contribution in [0.2, 0.25) is 0 Å². The van der Waals surface area contributed by atoms with Crippen LogP contribution in [-0.4, -0.2) is 34.9 Å². The van der Waals surface area contributed by atoms with Crippen molar-refractivity contribution in [2.75, 3.05) is 6.61 Å². The molecule has 0 spiro atoms. The maximum absolute atomic E-state index is 10.6. The van der Waals surface area contributed by atoms with Gasteiger partial charge in [0.25, 0.3) is 0 Å². The van der Waals surface area contributed by atoms with Crippen molar-refractivity contribution in [1.82, 2.24) is 5.32 Å². The number of aliphatic hydroxyl groups excluding tert-OH is 1. The van der Waals surface area contributed by atoms with E-state index < -0.39 is 12.0 Å². The van der Waals surface area contributed by atoms with Gasteiger partial charge in [0.05, 0.1) is 0 Å². The molecule has 4 heteroatoms. The number of aliphatic carboxylic acids is 1. The van der Waals surface area contributed by atoms with Crippen molar-refractivity contribution in [2.24, 2.45) is 0 Å². The molecule has 0 aromatic carbocycles. The van der Waals surface area contributed by atoms with Crippen LogP contribution in [0.25, 0.3) is 0 Å². The van der Waals surface area contributed by atoms with E-state index in [0.29, 0.717) is 12.8 Å². The third-order valence-corrected chi connectivity index (χ3v) is 1.99. The Balaban J connectivity index is 3.73. The lowest BCUT2D eigenvalue weighted by Gasteiger charge is -2.18. The SMILES string of the molecule is CCC(NC(C)CCCO)C(=O)O. The summed E-state index contributed by atoms with van der Waals surface area (Å²) in [5, 5.41) is 20.3. The van der Waals surface area contributed by atoms with Crippen LogP contribution in [0.3, 0.4) is 0 Å². The number of carboxylic acid groups (broad SMARTS) is 1. The molecule has 2 unspecified atom stereocenters. The number of nitrogens with one attached hydrogen (secondary N) is 1. The van der Waals surface area contributed by atoms with E-state index in [1.54, 1.807) is 0 Å². The van der Waals surface area contributed by atoms with Gasteiger partial charge in [0.15, 0.2) is 0 Å². The van der Waals surface area contributed by atoms with Crippen molar-refractivity contribution in [1.29, 1.82) is 0 Å². The minimum Gasteiger partial charge on any atom is -0.480 e. The van der Waals surface area contributed by atoms with Gasteiger partial charge in [0.1, 0.15) is 6.04 Å². The van der Waals surface area contributed by atoms with E-state index in [2.05, 4.69) is 5.32 Å². The molecule has 0 bridgehead atoms. The fraction of sp³-hybridized carbons (Fsp3) is 0.889. The van der Waals surface area contributed by atoms with Gasteiger partial charge in [-0.3, -0.25) is 4.79 Å². The standard InChI is InChI=1S/C9H19NO3/c1-3-8(9(12)13)10-7(2)5-4-6-11/h7-8,10-11H,3-6H2,1-2H3,(H,12,13). The molecule has 0 aromatic rings. The van der Waals surface area contributed by atoms with Crippen molar-refractivity contribution < 1.29 is 15.0 Å². The number of aliphatic hydroxyl groups is 1. The van der Waals surface area contributed by atoms with E-state index in [9.17, 15) is 4.79 Å². The molecule has 0 aliphatic heterocycles. The molecule has 3 N–H and O–H groups in total. The Bertz CT molecular complexity index is 150. The van der Waals surface area contributed by atoms with Crippen molar-refractivity contribution in [3.05, 3.63) is 0 Å². The zero-order chi connectivity index (χ0) is 10.3. The minimum atomic E-state index is -0.807. The number of hydrogen-bond donors (Lipinski definition) is 3. The third-order valence-electron chi connectivity index (χ3n) is 1.99. The highest BCUT2D eigenvalue weighted by molar-refractivity contribution is 5.73. The van der Waals surface area contributed by atoms with Gasteiger partial charge >= 0.3 is 5.97 Å². The summed E-state index contributed by atoms with van der Waals surface area (Å²) in [6, 6.07) is -0.318. The monoisotopic (exact) mass is 189 g/mol. The average molecular weight is 189 g/mol. The first-order valence-corrected chi connectivity index (χ1v) is 4.71. The van der Waals surface area contributed by atoms with Crippen molar-refractivity contribution in [3.63, 3.8) is 0 Å². The maximum atomic E-state index is 10.6. The highest BCUT2D eigenvalue weighted by Crippen LogP contribution is 1.99. The van der Waals surface area contributed by atoms with Crippen LogP contribution in [0.5, 0.6) is 0 Å². The second-order valence-electron chi connectivity index (χ2n) is 3.23. The Kier molecular flexibility index (Phi) is 6.54. The molecular formula is C9H19NO3. The summed E-state index contributed by atoms with van der Waals surface area (Å²) in [6.07, 6.45) is 2.10. The van der Waals surface area contributed by atoms with E-state index in [1.807, 2.05) is 13.8 Å². The van der Waals surface area contributed by atoms with Crippen LogP contribution >= 0.6 is 0 Å². The second kappa shape index (κ2) is 6.86. The first kappa shape index (κ1) is 12.4. The minimum absolute atomic E-state index is 0.146. The smallest absolute Gasteiger partial charge is 0.320 e. The van der Waals surface area contributed by atoms with Gasteiger partial charge in [-0.25, -0.2) is 0 Å². The zero-order valence-electron chi connectivity index (χ0n) is 8.29. The van der Waals surface area contributed by atoms with E-state index in [1.165, 1.54) is 0 Å². The van der Waals surface area contributed by atoms with Gasteiger partial charge in [-0.15, -0.1) is 0 Å². The molecule has 0 aromatic heterocycles. The van der Waals surface area contributed by atoms with E-state index >= 15 is 0 Å². The van der Waals surface area contributed by atoms with Crippen molar-refractivity contribution in [3.8, 4) is 0 Å². The number of hydrogen-bond acceptors (Lipinski definition) is 3. The van der Waals surface area contributed by atoms with Gasteiger partial charge in [-0.05, 0) is 26.2 Å². The number of carboxylic acids is 1. The Morgan fingerprint density at radius 2 is 2.15 bits per heavy atom. The molecule has 0 saturated carbocycles. The highest BCUT2D eigenvalue weighted by atomic mass is 16.4. The summed E-state index contributed by atoms with van der Waals surface area (Å²) < 4.78 is 0. The zero-order valence-corrected chi connectivity index (χ0v) is 8.29. The van der Waals surface area contributed by atoms with Crippen LogP contribution in [0.1, 0.15) is 33.1 Å². The fourth-order valence-electron chi connectivity index (χ4n) is 1.19. The molecule has 4 nitrogen and oxygen atoms in total. The summed E-state index contributed by atoms with van der Waals surface area (Å²) >= 11 is 0. The molecule has 78 valence electrons. The maximum Gasteiger partial charge on any atom is 0.320 e. The first-order chi connectivity index (χ1) is 6.11. The van der Waals surface area contributed by atoms with Gasteiger partial charge in [-0.2, -0.15) is 0 Å². The molecule has 0 rings (SSSR count). The Labute approximate surface area is 79.0 Å². The van der Waals surface area contributed by atoms with E-state index in [-0.39, 0.29) is 12.6 Å². The van der Waals surface area contributed by atoms with Gasteiger partial charge in [0.2, 0.25) is 0 Å². The quantitative estimate of drug-likeness (QED) is 0.548. The van der Waals surface area contributed by atoms with Gasteiger partial charge in [0, 0.05) is 12.6 Å². The predicted octanol–water partition coefficient (Wildman–Crippen LogP) is 0.600. The lowest BCUT2D eigenvalue weighted by Crippen LogP contribution is -2.41. The summed E-state index contributed by atoms with van der Waals surface area (Å²) in [5.41, 5.74) is 0. The molecule has 0 aliphatic carbocycles.